The summed E-state index contributed by atoms with van der Waals surface area (Å²) in [5.41, 5.74) is 6.50. The van der Waals surface area contributed by atoms with E-state index in [4.69, 9.17) is 10.5 Å². The van der Waals surface area contributed by atoms with Crippen LogP contribution in [-0.4, -0.2) is 28.0 Å². The van der Waals surface area contributed by atoms with E-state index in [1.54, 1.807) is 11.8 Å². The molecule has 0 saturated carbocycles. The van der Waals surface area contributed by atoms with Crippen LogP contribution in [0.4, 0.5) is 0 Å². The Morgan fingerprint density at radius 1 is 1.64 bits per heavy atom. The first-order chi connectivity index (χ1) is 6.69. The molecule has 1 heterocycles. The maximum absolute atomic E-state index is 10.7. The zero-order chi connectivity index (χ0) is 10.6. The van der Waals surface area contributed by atoms with Crippen LogP contribution in [0.2, 0.25) is 0 Å². The van der Waals surface area contributed by atoms with Crippen molar-refractivity contribution in [1.82, 2.24) is 15.0 Å². The van der Waals surface area contributed by atoms with Crippen LogP contribution in [0, 0.1) is 0 Å². The Balaban J connectivity index is 2.91. The normalized spacial score (nSPS) is 10.4. The van der Waals surface area contributed by atoms with Gasteiger partial charge in [0.2, 0.25) is 5.91 Å². The standard InChI is InChI=1S/C8H14N4O2/c1-3-12-7(5-14-2)6(10-11-12)4-8(9)13/h3-5H2,1-2H3,(H2,9,13). The lowest BCUT2D eigenvalue weighted by molar-refractivity contribution is -0.117. The van der Waals surface area contributed by atoms with Crippen molar-refractivity contribution in [2.45, 2.75) is 26.5 Å². The number of nitrogens with two attached hydrogens (primary N) is 1. The van der Waals surface area contributed by atoms with Gasteiger partial charge >= 0.3 is 0 Å². The van der Waals surface area contributed by atoms with E-state index in [0.29, 0.717) is 18.8 Å². The first kappa shape index (κ1) is 10.6. The van der Waals surface area contributed by atoms with Gasteiger partial charge < -0.3 is 10.5 Å². The Labute approximate surface area is 82.0 Å². The summed E-state index contributed by atoms with van der Waals surface area (Å²) < 4.78 is 6.69. The van der Waals surface area contributed by atoms with Gasteiger partial charge in [0.15, 0.2) is 0 Å². The molecule has 0 atom stereocenters. The van der Waals surface area contributed by atoms with Crippen molar-refractivity contribution < 1.29 is 9.53 Å². The monoisotopic (exact) mass is 198 g/mol. The molecule has 1 aromatic rings. The molecule has 0 aliphatic rings. The van der Waals surface area contributed by atoms with Crippen LogP contribution in [0.1, 0.15) is 18.3 Å². The van der Waals surface area contributed by atoms with Crippen molar-refractivity contribution in [3.8, 4) is 0 Å². The molecule has 1 aromatic heterocycles. The molecule has 0 aliphatic heterocycles. The smallest absolute Gasteiger partial charge is 0.223 e. The number of hydrogen-bond donors (Lipinski definition) is 1. The largest absolute Gasteiger partial charge is 0.378 e. The summed E-state index contributed by atoms with van der Waals surface area (Å²) in [6, 6.07) is 0. The minimum Gasteiger partial charge on any atom is -0.378 e. The minimum atomic E-state index is -0.412. The lowest BCUT2D eigenvalue weighted by Gasteiger charge is -2.03. The molecular weight excluding hydrogens is 184 g/mol. The molecule has 0 unspecified atom stereocenters. The molecule has 0 aromatic carbocycles. The summed E-state index contributed by atoms with van der Waals surface area (Å²) in [5.74, 6) is -0.412. The number of primary amides is 1. The summed E-state index contributed by atoms with van der Waals surface area (Å²) >= 11 is 0. The fourth-order valence-electron chi connectivity index (χ4n) is 1.22. The van der Waals surface area contributed by atoms with E-state index in [1.807, 2.05) is 6.92 Å². The summed E-state index contributed by atoms with van der Waals surface area (Å²) in [5, 5.41) is 7.76. The summed E-state index contributed by atoms with van der Waals surface area (Å²) in [4.78, 5) is 10.7. The highest BCUT2D eigenvalue weighted by Gasteiger charge is 2.13. The second-order valence-electron chi connectivity index (χ2n) is 2.87. The van der Waals surface area contributed by atoms with E-state index in [2.05, 4.69) is 10.3 Å². The molecule has 0 fully saturated rings. The molecule has 6 heteroatoms. The predicted molar refractivity (Wildman–Crippen MR) is 49.3 cm³/mol. The number of hydrogen-bond acceptors (Lipinski definition) is 4. The van der Waals surface area contributed by atoms with Gasteiger partial charge in [-0.1, -0.05) is 5.21 Å². The summed E-state index contributed by atoms with van der Waals surface area (Å²) in [7, 11) is 1.58. The zero-order valence-electron chi connectivity index (χ0n) is 8.36. The van der Waals surface area contributed by atoms with Crippen molar-refractivity contribution >= 4 is 5.91 Å². The molecule has 2 N–H and O–H groups in total. The molecule has 0 radical (unpaired) electrons. The molecule has 1 amide bonds. The summed E-state index contributed by atoms with van der Waals surface area (Å²) in [6.45, 7) is 3.04. The molecule has 1 rings (SSSR count). The lowest BCUT2D eigenvalue weighted by Crippen LogP contribution is -2.15. The van der Waals surface area contributed by atoms with Crippen LogP contribution >= 0.6 is 0 Å². The van der Waals surface area contributed by atoms with E-state index < -0.39 is 5.91 Å². The number of rotatable bonds is 5. The number of aryl methyl sites for hydroxylation is 1. The van der Waals surface area contributed by atoms with Crippen LogP contribution in [0.25, 0.3) is 0 Å². The quantitative estimate of drug-likeness (QED) is 0.689. The molecular formula is C8H14N4O2. The van der Waals surface area contributed by atoms with E-state index in [0.717, 1.165) is 5.69 Å². The van der Waals surface area contributed by atoms with Crippen molar-refractivity contribution in [2.24, 2.45) is 5.73 Å². The van der Waals surface area contributed by atoms with Gasteiger partial charge in [-0.05, 0) is 6.92 Å². The molecule has 78 valence electrons. The zero-order valence-corrected chi connectivity index (χ0v) is 8.36. The maximum atomic E-state index is 10.7. The van der Waals surface area contributed by atoms with Crippen LogP contribution in [0.5, 0.6) is 0 Å². The van der Waals surface area contributed by atoms with Gasteiger partial charge in [-0.25, -0.2) is 4.68 Å². The van der Waals surface area contributed by atoms with E-state index >= 15 is 0 Å². The van der Waals surface area contributed by atoms with E-state index in [9.17, 15) is 4.79 Å². The van der Waals surface area contributed by atoms with Crippen molar-refractivity contribution in [1.29, 1.82) is 0 Å². The average molecular weight is 198 g/mol. The fourth-order valence-corrected chi connectivity index (χ4v) is 1.22. The first-order valence-corrected chi connectivity index (χ1v) is 4.37. The number of carbonyl (C=O) groups is 1. The number of carbonyl (C=O) groups excluding carboxylic acids is 1. The Morgan fingerprint density at radius 2 is 2.36 bits per heavy atom. The van der Waals surface area contributed by atoms with Crippen LogP contribution in [-0.2, 0) is 29.1 Å². The Morgan fingerprint density at radius 3 is 2.86 bits per heavy atom. The van der Waals surface area contributed by atoms with Crippen molar-refractivity contribution in [3.63, 3.8) is 0 Å². The second-order valence-corrected chi connectivity index (χ2v) is 2.87. The predicted octanol–water partition coefficient (Wildman–Crippen LogP) is -0.528. The Kier molecular flexibility index (Phi) is 3.58. The SMILES string of the molecule is CCn1nnc(CC(N)=O)c1COC. The Bertz CT molecular complexity index is 321. The molecule has 6 nitrogen and oxygen atoms in total. The van der Waals surface area contributed by atoms with Crippen LogP contribution in [0.3, 0.4) is 0 Å². The summed E-state index contributed by atoms with van der Waals surface area (Å²) in [6.07, 6.45) is 0.110. The highest BCUT2D eigenvalue weighted by atomic mass is 16.5. The van der Waals surface area contributed by atoms with Gasteiger partial charge in [0, 0.05) is 13.7 Å². The second kappa shape index (κ2) is 4.71. The van der Waals surface area contributed by atoms with Gasteiger partial charge in [0.25, 0.3) is 0 Å². The Hall–Kier alpha value is -1.43. The number of ether oxygens (including phenoxy) is 1. The van der Waals surface area contributed by atoms with Crippen molar-refractivity contribution in [3.05, 3.63) is 11.4 Å². The number of aromatic nitrogens is 3. The highest BCUT2D eigenvalue weighted by molar-refractivity contribution is 5.76. The van der Waals surface area contributed by atoms with Gasteiger partial charge in [-0.2, -0.15) is 0 Å². The topological polar surface area (TPSA) is 83.0 Å². The fraction of sp³-hybridized carbons (Fsp3) is 0.625. The van der Waals surface area contributed by atoms with Gasteiger partial charge in [0.1, 0.15) is 0 Å². The van der Waals surface area contributed by atoms with Gasteiger partial charge in [0.05, 0.1) is 24.4 Å². The number of nitrogens with zero attached hydrogens (tertiary/aromatic N) is 3. The molecule has 0 spiro atoms. The minimum absolute atomic E-state index is 0.110. The third kappa shape index (κ3) is 2.29. The highest BCUT2D eigenvalue weighted by Crippen LogP contribution is 2.07. The first-order valence-electron chi connectivity index (χ1n) is 4.37. The third-order valence-electron chi connectivity index (χ3n) is 1.84. The van der Waals surface area contributed by atoms with E-state index in [-0.39, 0.29) is 6.42 Å². The van der Waals surface area contributed by atoms with Crippen LogP contribution < -0.4 is 5.73 Å². The number of methoxy groups -OCH3 is 1. The molecule has 0 saturated heterocycles. The molecule has 14 heavy (non-hydrogen) atoms. The van der Waals surface area contributed by atoms with E-state index in [1.165, 1.54) is 0 Å². The van der Waals surface area contributed by atoms with Gasteiger partial charge in [-0.3, -0.25) is 4.79 Å². The molecule has 0 bridgehead atoms. The lowest BCUT2D eigenvalue weighted by atomic mass is 10.2. The molecule has 0 aliphatic carbocycles. The maximum Gasteiger partial charge on any atom is 0.223 e. The van der Waals surface area contributed by atoms with Gasteiger partial charge in [-0.15, -0.1) is 5.10 Å². The average Bonchev–Trinajstić information content (AvgIpc) is 2.48. The van der Waals surface area contributed by atoms with Crippen LogP contribution in [0.15, 0.2) is 0 Å². The van der Waals surface area contributed by atoms with Crippen molar-refractivity contribution in [2.75, 3.05) is 7.11 Å². The third-order valence-corrected chi connectivity index (χ3v) is 1.84. The number of amides is 1.